The van der Waals surface area contributed by atoms with Crippen molar-refractivity contribution in [3.8, 4) is 0 Å². The van der Waals surface area contributed by atoms with Gasteiger partial charge < -0.3 is 5.11 Å². The van der Waals surface area contributed by atoms with Crippen LogP contribution in [0.1, 0.15) is 20.3 Å². The molecular weight excluding hydrogens is 214 g/mol. The molecule has 4 unspecified atom stereocenters. The Morgan fingerprint density at radius 1 is 1.27 bits per heavy atom. The highest BCUT2D eigenvalue weighted by Gasteiger charge is 2.43. The predicted molar refractivity (Wildman–Crippen MR) is 58.4 cm³/mol. The third kappa shape index (κ3) is 2.19. The van der Waals surface area contributed by atoms with Gasteiger partial charge in [0.1, 0.15) is 0 Å². The largest absolute Gasteiger partial charge is 0.390 e. The average molecular weight is 233 g/mol. The molecule has 0 aromatic heterocycles. The van der Waals surface area contributed by atoms with Gasteiger partial charge in [0, 0.05) is 12.6 Å². The monoisotopic (exact) mass is 233 g/mol. The highest BCUT2D eigenvalue weighted by molar-refractivity contribution is 7.91. The van der Waals surface area contributed by atoms with E-state index in [-0.39, 0.29) is 17.5 Å². The lowest BCUT2D eigenvalue weighted by molar-refractivity contribution is 0.0779. The van der Waals surface area contributed by atoms with Crippen LogP contribution < -0.4 is 0 Å². The topological polar surface area (TPSA) is 57.6 Å². The number of aliphatic hydroxyl groups excluding tert-OH is 1. The van der Waals surface area contributed by atoms with Crippen molar-refractivity contribution in [1.29, 1.82) is 0 Å². The van der Waals surface area contributed by atoms with Crippen molar-refractivity contribution >= 4 is 9.84 Å². The Hall–Kier alpha value is -0.130. The van der Waals surface area contributed by atoms with Gasteiger partial charge >= 0.3 is 0 Å². The van der Waals surface area contributed by atoms with Crippen molar-refractivity contribution in [2.45, 2.75) is 38.5 Å². The molecule has 4 atom stereocenters. The Kier molecular flexibility index (Phi) is 2.81. The zero-order valence-corrected chi connectivity index (χ0v) is 10.1. The Balaban J connectivity index is 2.12. The van der Waals surface area contributed by atoms with E-state index in [9.17, 15) is 13.5 Å². The van der Waals surface area contributed by atoms with Crippen molar-refractivity contribution < 1.29 is 13.5 Å². The first-order chi connectivity index (χ1) is 6.89. The predicted octanol–water partition coefficient (Wildman–Crippen LogP) is -0.125. The lowest BCUT2D eigenvalue weighted by Gasteiger charge is -2.29. The summed E-state index contributed by atoms with van der Waals surface area (Å²) in [6.07, 6.45) is 0.409. The molecule has 15 heavy (non-hydrogen) atoms. The molecule has 0 amide bonds. The van der Waals surface area contributed by atoms with Crippen LogP contribution in [0.4, 0.5) is 0 Å². The van der Waals surface area contributed by atoms with Crippen molar-refractivity contribution in [3.63, 3.8) is 0 Å². The van der Waals surface area contributed by atoms with Gasteiger partial charge in [-0.3, -0.25) is 4.90 Å². The van der Waals surface area contributed by atoms with Gasteiger partial charge in [0.2, 0.25) is 0 Å². The van der Waals surface area contributed by atoms with Crippen LogP contribution in [0.25, 0.3) is 0 Å². The summed E-state index contributed by atoms with van der Waals surface area (Å²) < 4.78 is 22.8. The van der Waals surface area contributed by atoms with Gasteiger partial charge in [-0.05, 0) is 19.3 Å². The second-order valence-corrected chi connectivity index (χ2v) is 7.25. The summed E-state index contributed by atoms with van der Waals surface area (Å²) in [5.41, 5.74) is 0. The van der Waals surface area contributed by atoms with E-state index in [4.69, 9.17) is 0 Å². The van der Waals surface area contributed by atoms with Gasteiger partial charge in [-0.25, -0.2) is 8.42 Å². The SMILES string of the molecule is CC1CC(C)N(C2CS(=O)(=O)CC2O)C1. The molecular formula is C10H19NO3S. The standard InChI is InChI=1S/C10H19NO3S/c1-7-3-8(2)11(4-7)9-5-15(13,14)6-10(9)12/h7-10,12H,3-6H2,1-2H3. The van der Waals surface area contributed by atoms with Crippen molar-refractivity contribution in [2.24, 2.45) is 5.92 Å². The Morgan fingerprint density at radius 2 is 1.93 bits per heavy atom. The summed E-state index contributed by atoms with van der Waals surface area (Å²) >= 11 is 0. The van der Waals surface area contributed by atoms with Crippen molar-refractivity contribution in [1.82, 2.24) is 4.90 Å². The summed E-state index contributed by atoms with van der Waals surface area (Å²) in [6.45, 7) is 5.20. The molecule has 2 aliphatic rings. The van der Waals surface area contributed by atoms with Gasteiger partial charge in [-0.15, -0.1) is 0 Å². The van der Waals surface area contributed by atoms with E-state index in [2.05, 4.69) is 18.7 Å². The van der Waals surface area contributed by atoms with E-state index in [1.54, 1.807) is 0 Å². The maximum absolute atomic E-state index is 11.4. The number of hydrogen-bond donors (Lipinski definition) is 1. The van der Waals surface area contributed by atoms with E-state index in [1.165, 1.54) is 0 Å². The first-order valence-electron chi connectivity index (χ1n) is 5.53. The van der Waals surface area contributed by atoms with E-state index in [0.717, 1.165) is 13.0 Å². The van der Waals surface area contributed by atoms with Crippen molar-refractivity contribution in [3.05, 3.63) is 0 Å². The normalized spacial score (nSPS) is 46.1. The average Bonchev–Trinajstić information content (AvgIpc) is 2.52. The molecule has 2 aliphatic heterocycles. The highest BCUT2D eigenvalue weighted by Crippen LogP contribution is 2.29. The molecule has 0 aromatic rings. The molecule has 4 nitrogen and oxygen atoms in total. The second kappa shape index (κ2) is 3.71. The fraction of sp³-hybridized carbons (Fsp3) is 1.00. The minimum absolute atomic E-state index is 0.0603. The highest BCUT2D eigenvalue weighted by atomic mass is 32.2. The van der Waals surface area contributed by atoms with Gasteiger partial charge in [-0.1, -0.05) is 6.92 Å². The first kappa shape index (κ1) is 11.4. The molecule has 0 saturated carbocycles. The lowest BCUT2D eigenvalue weighted by Crippen LogP contribution is -2.44. The minimum Gasteiger partial charge on any atom is -0.390 e. The number of rotatable bonds is 1. The van der Waals surface area contributed by atoms with Crippen LogP contribution in [0.5, 0.6) is 0 Å². The molecule has 88 valence electrons. The Bertz CT molecular complexity index is 341. The summed E-state index contributed by atoms with van der Waals surface area (Å²) in [5.74, 6) is 0.677. The second-order valence-electron chi connectivity index (χ2n) is 5.10. The summed E-state index contributed by atoms with van der Waals surface area (Å²) in [7, 11) is -3.01. The van der Waals surface area contributed by atoms with E-state index < -0.39 is 15.9 Å². The van der Waals surface area contributed by atoms with Gasteiger partial charge in [-0.2, -0.15) is 0 Å². The van der Waals surface area contributed by atoms with Crippen LogP contribution in [-0.2, 0) is 9.84 Å². The minimum atomic E-state index is -3.01. The molecule has 1 N–H and O–H groups in total. The van der Waals surface area contributed by atoms with Crippen LogP contribution in [-0.4, -0.2) is 54.7 Å². The van der Waals surface area contributed by atoms with Gasteiger partial charge in [0.05, 0.1) is 23.7 Å². The maximum atomic E-state index is 11.4. The van der Waals surface area contributed by atoms with Crippen LogP contribution in [0.2, 0.25) is 0 Å². The molecule has 5 heteroatoms. The third-order valence-corrected chi connectivity index (χ3v) is 5.25. The Morgan fingerprint density at radius 3 is 2.33 bits per heavy atom. The molecule has 2 fully saturated rings. The fourth-order valence-electron chi connectivity index (χ4n) is 2.92. The zero-order chi connectivity index (χ0) is 11.2. The smallest absolute Gasteiger partial charge is 0.154 e. The quantitative estimate of drug-likeness (QED) is 0.686. The van der Waals surface area contributed by atoms with Crippen LogP contribution in [0.15, 0.2) is 0 Å². The number of aliphatic hydroxyl groups is 1. The van der Waals surface area contributed by atoms with Crippen LogP contribution >= 0.6 is 0 Å². The molecule has 2 saturated heterocycles. The summed E-state index contributed by atoms with van der Waals surface area (Å²) in [4.78, 5) is 2.17. The number of sulfone groups is 1. The van der Waals surface area contributed by atoms with E-state index in [1.807, 2.05) is 0 Å². The molecule has 2 rings (SSSR count). The molecule has 0 aromatic carbocycles. The van der Waals surface area contributed by atoms with Gasteiger partial charge in [0.25, 0.3) is 0 Å². The number of likely N-dealkylation sites (tertiary alicyclic amines) is 1. The summed E-state index contributed by atoms with van der Waals surface area (Å²) in [6, 6.07) is 0.225. The maximum Gasteiger partial charge on any atom is 0.154 e. The number of hydrogen-bond acceptors (Lipinski definition) is 4. The van der Waals surface area contributed by atoms with E-state index in [0.29, 0.717) is 12.0 Å². The molecule has 0 aliphatic carbocycles. The fourth-order valence-corrected chi connectivity index (χ4v) is 4.73. The van der Waals surface area contributed by atoms with Crippen LogP contribution in [0.3, 0.4) is 0 Å². The van der Waals surface area contributed by atoms with Gasteiger partial charge in [0.15, 0.2) is 9.84 Å². The van der Waals surface area contributed by atoms with E-state index >= 15 is 0 Å². The molecule has 0 bridgehead atoms. The molecule has 0 spiro atoms. The van der Waals surface area contributed by atoms with Crippen molar-refractivity contribution in [2.75, 3.05) is 18.1 Å². The Labute approximate surface area is 91.2 Å². The first-order valence-corrected chi connectivity index (χ1v) is 7.35. The number of nitrogens with zero attached hydrogens (tertiary/aromatic N) is 1. The molecule has 0 radical (unpaired) electrons. The third-order valence-electron chi connectivity index (χ3n) is 3.55. The van der Waals surface area contributed by atoms with Crippen LogP contribution in [0, 0.1) is 5.92 Å². The summed E-state index contributed by atoms with van der Waals surface area (Å²) in [5, 5.41) is 9.77. The zero-order valence-electron chi connectivity index (χ0n) is 9.26. The lowest BCUT2D eigenvalue weighted by atomic mass is 10.1. The molecule has 2 heterocycles.